The number of hydrogen-bond donors (Lipinski definition) is 2. The number of rotatable bonds is 2. The molecule has 17 heavy (non-hydrogen) atoms. The summed E-state index contributed by atoms with van der Waals surface area (Å²) in [6.45, 7) is 7.43. The molecule has 1 fully saturated rings. The van der Waals surface area contributed by atoms with Gasteiger partial charge in [0, 0.05) is 18.5 Å². The summed E-state index contributed by atoms with van der Waals surface area (Å²) in [6.07, 6.45) is 0. The number of nitrogens with one attached hydrogen (secondary N) is 1. The SMILES string of the molecule is Cc1ccc(C)c(C2(C)CNCC2C(=O)O)c1. The molecule has 1 aromatic carbocycles. The van der Waals surface area contributed by atoms with E-state index in [0.717, 1.165) is 12.1 Å². The monoisotopic (exact) mass is 233 g/mol. The van der Waals surface area contributed by atoms with E-state index in [4.69, 9.17) is 0 Å². The standard InChI is InChI=1S/C14H19NO2/c1-9-4-5-10(2)11(6-9)14(3)8-15-7-12(14)13(16)17/h4-6,12,15H,7-8H2,1-3H3,(H,16,17). The molecule has 92 valence electrons. The van der Waals surface area contributed by atoms with Crippen LogP contribution >= 0.6 is 0 Å². The summed E-state index contributed by atoms with van der Waals surface area (Å²) < 4.78 is 0. The Hall–Kier alpha value is -1.35. The van der Waals surface area contributed by atoms with Crippen molar-refractivity contribution in [1.82, 2.24) is 5.32 Å². The van der Waals surface area contributed by atoms with Gasteiger partial charge in [0.1, 0.15) is 0 Å². The molecule has 0 amide bonds. The van der Waals surface area contributed by atoms with Gasteiger partial charge in [0.2, 0.25) is 0 Å². The van der Waals surface area contributed by atoms with E-state index in [9.17, 15) is 9.90 Å². The van der Waals surface area contributed by atoms with Gasteiger partial charge in [-0.05, 0) is 25.0 Å². The minimum atomic E-state index is -0.710. The van der Waals surface area contributed by atoms with Crippen molar-refractivity contribution in [2.75, 3.05) is 13.1 Å². The Morgan fingerprint density at radius 1 is 1.47 bits per heavy atom. The Kier molecular flexibility index (Phi) is 2.96. The third-order valence-corrected chi connectivity index (χ3v) is 3.92. The Morgan fingerprint density at radius 3 is 2.82 bits per heavy atom. The second-order valence-corrected chi connectivity index (χ2v) is 5.26. The predicted octanol–water partition coefficient (Wildman–Crippen LogP) is 1.87. The zero-order chi connectivity index (χ0) is 12.6. The molecule has 1 aromatic rings. The summed E-state index contributed by atoms with van der Waals surface area (Å²) in [6, 6.07) is 6.27. The largest absolute Gasteiger partial charge is 0.481 e. The molecule has 1 aliphatic rings. The smallest absolute Gasteiger partial charge is 0.308 e. The van der Waals surface area contributed by atoms with Crippen LogP contribution in [0.4, 0.5) is 0 Å². The fourth-order valence-corrected chi connectivity index (χ4v) is 2.82. The summed E-state index contributed by atoms with van der Waals surface area (Å²) in [4.78, 5) is 11.3. The molecule has 1 heterocycles. The van der Waals surface area contributed by atoms with Crippen molar-refractivity contribution in [1.29, 1.82) is 0 Å². The highest BCUT2D eigenvalue weighted by Gasteiger charge is 2.45. The van der Waals surface area contributed by atoms with Gasteiger partial charge in [0.15, 0.2) is 0 Å². The molecule has 0 aliphatic carbocycles. The maximum Gasteiger partial charge on any atom is 0.308 e. The van der Waals surface area contributed by atoms with Gasteiger partial charge in [0.05, 0.1) is 5.92 Å². The Bertz CT molecular complexity index is 456. The van der Waals surface area contributed by atoms with E-state index in [1.165, 1.54) is 11.1 Å². The summed E-state index contributed by atoms with van der Waals surface area (Å²) in [5.74, 6) is -1.05. The quantitative estimate of drug-likeness (QED) is 0.819. The van der Waals surface area contributed by atoms with Crippen molar-refractivity contribution in [2.45, 2.75) is 26.2 Å². The third-order valence-electron chi connectivity index (χ3n) is 3.92. The van der Waals surface area contributed by atoms with Crippen molar-refractivity contribution in [3.05, 3.63) is 34.9 Å². The van der Waals surface area contributed by atoms with Crippen LogP contribution in [0.2, 0.25) is 0 Å². The van der Waals surface area contributed by atoms with Crippen LogP contribution in [0.15, 0.2) is 18.2 Å². The van der Waals surface area contributed by atoms with E-state index >= 15 is 0 Å². The summed E-state index contributed by atoms with van der Waals surface area (Å²) >= 11 is 0. The Labute approximate surface area is 102 Å². The van der Waals surface area contributed by atoms with Crippen LogP contribution in [0.1, 0.15) is 23.6 Å². The van der Waals surface area contributed by atoms with Crippen molar-refractivity contribution in [2.24, 2.45) is 5.92 Å². The van der Waals surface area contributed by atoms with Gasteiger partial charge in [-0.3, -0.25) is 4.79 Å². The van der Waals surface area contributed by atoms with Gasteiger partial charge in [0.25, 0.3) is 0 Å². The number of aryl methyl sites for hydroxylation is 2. The number of hydrogen-bond acceptors (Lipinski definition) is 2. The van der Waals surface area contributed by atoms with E-state index in [2.05, 4.69) is 30.4 Å². The molecule has 1 saturated heterocycles. The molecule has 0 bridgehead atoms. The molecule has 0 saturated carbocycles. The van der Waals surface area contributed by atoms with Crippen LogP contribution < -0.4 is 5.32 Å². The lowest BCUT2D eigenvalue weighted by Gasteiger charge is -2.30. The number of aliphatic carboxylic acids is 1. The van der Waals surface area contributed by atoms with Gasteiger partial charge in [-0.25, -0.2) is 0 Å². The number of carbonyl (C=O) groups is 1. The second-order valence-electron chi connectivity index (χ2n) is 5.26. The first-order valence-electron chi connectivity index (χ1n) is 5.96. The van der Waals surface area contributed by atoms with Gasteiger partial charge in [-0.15, -0.1) is 0 Å². The normalized spacial score (nSPS) is 28.3. The maximum atomic E-state index is 11.3. The van der Waals surface area contributed by atoms with Crippen LogP contribution in [0.5, 0.6) is 0 Å². The van der Waals surface area contributed by atoms with E-state index in [1.807, 2.05) is 13.8 Å². The van der Waals surface area contributed by atoms with Crippen LogP contribution in [0.3, 0.4) is 0 Å². The molecular formula is C14H19NO2. The number of carboxylic acid groups (broad SMARTS) is 1. The zero-order valence-electron chi connectivity index (χ0n) is 10.6. The highest BCUT2D eigenvalue weighted by molar-refractivity contribution is 5.73. The Balaban J connectivity index is 2.50. The summed E-state index contributed by atoms with van der Waals surface area (Å²) in [5, 5.41) is 12.5. The lowest BCUT2D eigenvalue weighted by atomic mass is 9.72. The molecule has 0 spiro atoms. The maximum absolute atomic E-state index is 11.3. The van der Waals surface area contributed by atoms with E-state index in [1.54, 1.807) is 0 Å². The highest BCUT2D eigenvalue weighted by atomic mass is 16.4. The lowest BCUT2D eigenvalue weighted by molar-refractivity contribution is -0.142. The van der Waals surface area contributed by atoms with E-state index in [-0.39, 0.29) is 11.3 Å². The molecule has 3 heteroatoms. The van der Waals surface area contributed by atoms with Crippen molar-refractivity contribution >= 4 is 5.97 Å². The van der Waals surface area contributed by atoms with Crippen molar-refractivity contribution < 1.29 is 9.90 Å². The van der Waals surface area contributed by atoms with Gasteiger partial charge in [-0.2, -0.15) is 0 Å². The summed E-state index contributed by atoms with van der Waals surface area (Å²) in [7, 11) is 0. The first-order valence-corrected chi connectivity index (χ1v) is 5.96. The molecule has 2 atom stereocenters. The minimum absolute atomic E-state index is 0.304. The van der Waals surface area contributed by atoms with Crippen LogP contribution in [0, 0.1) is 19.8 Å². The molecule has 2 rings (SSSR count). The molecule has 2 N–H and O–H groups in total. The summed E-state index contributed by atoms with van der Waals surface area (Å²) in [5.41, 5.74) is 3.22. The van der Waals surface area contributed by atoms with E-state index in [0.29, 0.717) is 6.54 Å². The highest BCUT2D eigenvalue weighted by Crippen LogP contribution is 2.37. The lowest BCUT2D eigenvalue weighted by Crippen LogP contribution is -2.37. The van der Waals surface area contributed by atoms with Crippen LogP contribution in [0.25, 0.3) is 0 Å². The molecule has 2 unspecified atom stereocenters. The van der Waals surface area contributed by atoms with Gasteiger partial charge >= 0.3 is 5.97 Å². The third kappa shape index (κ3) is 1.95. The second kappa shape index (κ2) is 4.15. The average Bonchev–Trinajstić information content (AvgIpc) is 2.65. The number of benzene rings is 1. The molecule has 0 aromatic heterocycles. The molecule has 3 nitrogen and oxygen atoms in total. The first kappa shape index (κ1) is 12.1. The average molecular weight is 233 g/mol. The van der Waals surface area contributed by atoms with Crippen molar-refractivity contribution in [3.63, 3.8) is 0 Å². The molecule has 1 aliphatic heterocycles. The zero-order valence-corrected chi connectivity index (χ0v) is 10.6. The first-order chi connectivity index (χ1) is 7.95. The fraction of sp³-hybridized carbons (Fsp3) is 0.500. The van der Waals surface area contributed by atoms with Crippen LogP contribution in [-0.4, -0.2) is 24.2 Å². The van der Waals surface area contributed by atoms with Gasteiger partial charge in [-0.1, -0.05) is 30.7 Å². The molecule has 0 radical (unpaired) electrons. The minimum Gasteiger partial charge on any atom is -0.481 e. The Morgan fingerprint density at radius 2 is 2.18 bits per heavy atom. The molecular weight excluding hydrogens is 214 g/mol. The van der Waals surface area contributed by atoms with Gasteiger partial charge < -0.3 is 10.4 Å². The number of carboxylic acids is 1. The topological polar surface area (TPSA) is 49.3 Å². The van der Waals surface area contributed by atoms with Crippen molar-refractivity contribution in [3.8, 4) is 0 Å². The fourth-order valence-electron chi connectivity index (χ4n) is 2.82. The van der Waals surface area contributed by atoms with E-state index < -0.39 is 5.97 Å². The predicted molar refractivity (Wildman–Crippen MR) is 67.3 cm³/mol. The van der Waals surface area contributed by atoms with Crippen LogP contribution in [-0.2, 0) is 10.2 Å².